The van der Waals surface area contributed by atoms with Crippen LogP contribution in [0.2, 0.25) is 0 Å². The van der Waals surface area contributed by atoms with Crippen LogP contribution in [0.4, 0.5) is 0 Å². The summed E-state index contributed by atoms with van der Waals surface area (Å²) in [6, 6.07) is 11.7. The zero-order valence-electron chi connectivity index (χ0n) is 11.9. The lowest BCUT2D eigenvalue weighted by molar-refractivity contribution is 0.0211. The molecule has 1 aliphatic carbocycles. The summed E-state index contributed by atoms with van der Waals surface area (Å²) in [5.74, 6) is 0.779. The molecule has 19 heavy (non-hydrogen) atoms. The monoisotopic (exact) mass is 259 g/mol. The predicted octanol–water partition coefficient (Wildman–Crippen LogP) is 3.34. The van der Waals surface area contributed by atoms with Gasteiger partial charge in [0.1, 0.15) is 0 Å². The number of hydrogen-bond acceptors (Lipinski definition) is 2. The zero-order chi connectivity index (χ0) is 13.1. The fourth-order valence-electron chi connectivity index (χ4n) is 3.21. The van der Waals surface area contributed by atoms with Crippen LogP contribution >= 0.6 is 0 Å². The average Bonchev–Trinajstić information content (AvgIpc) is 2.39. The van der Waals surface area contributed by atoms with Crippen LogP contribution in [0.15, 0.2) is 30.3 Å². The summed E-state index contributed by atoms with van der Waals surface area (Å²) in [4.78, 5) is 0. The second-order valence-electron chi connectivity index (χ2n) is 6.58. The third-order valence-electron chi connectivity index (χ3n) is 4.93. The normalized spacial score (nSPS) is 29.7. The van der Waals surface area contributed by atoms with Gasteiger partial charge in [0.2, 0.25) is 0 Å². The molecule has 0 radical (unpaired) electrons. The minimum absolute atomic E-state index is 0.454. The molecule has 1 saturated heterocycles. The largest absolute Gasteiger partial charge is 0.381 e. The molecule has 1 aliphatic heterocycles. The van der Waals surface area contributed by atoms with E-state index in [-0.39, 0.29) is 0 Å². The molecule has 104 valence electrons. The average molecular weight is 259 g/mol. The van der Waals surface area contributed by atoms with E-state index < -0.39 is 0 Å². The van der Waals surface area contributed by atoms with Crippen LogP contribution in [-0.4, -0.2) is 25.8 Å². The van der Waals surface area contributed by atoms with Crippen LogP contribution in [0.3, 0.4) is 0 Å². The van der Waals surface area contributed by atoms with Crippen molar-refractivity contribution in [1.29, 1.82) is 0 Å². The summed E-state index contributed by atoms with van der Waals surface area (Å²) in [7, 11) is 0. The van der Waals surface area contributed by atoms with Crippen LogP contribution < -0.4 is 5.32 Å². The Morgan fingerprint density at radius 1 is 1.16 bits per heavy atom. The van der Waals surface area contributed by atoms with Crippen molar-refractivity contribution in [3.63, 3.8) is 0 Å². The minimum atomic E-state index is 0.454. The second kappa shape index (κ2) is 5.64. The van der Waals surface area contributed by atoms with Gasteiger partial charge in [0.25, 0.3) is 0 Å². The summed E-state index contributed by atoms with van der Waals surface area (Å²) in [5, 5.41) is 3.77. The molecule has 0 aromatic heterocycles. The van der Waals surface area contributed by atoms with Gasteiger partial charge in [0.15, 0.2) is 0 Å². The number of ether oxygens (including phenoxy) is 1. The fraction of sp³-hybridized carbons (Fsp3) is 0.647. The lowest BCUT2D eigenvalue weighted by Gasteiger charge is -2.40. The molecule has 1 heterocycles. The molecule has 3 rings (SSSR count). The van der Waals surface area contributed by atoms with E-state index in [4.69, 9.17) is 4.74 Å². The van der Waals surface area contributed by atoms with Crippen LogP contribution in [0.25, 0.3) is 0 Å². The Balaban J connectivity index is 1.42. The summed E-state index contributed by atoms with van der Waals surface area (Å²) >= 11 is 0. The minimum Gasteiger partial charge on any atom is -0.381 e. The first-order valence-electron chi connectivity index (χ1n) is 7.61. The smallest absolute Gasteiger partial charge is 0.0471 e. The number of rotatable bonds is 4. The van der Waals surface area contributed by atoms with Crippen LogP contribution in [0.5, 0.6) is 0 Å². The van der Waals surface area contributed by atoms with E-state index in [1.165, 1.54) is 31.2 Å². The molecule has 1 aromatic carbocycles. The Morgan fingerprint density at radius 2 is 1.84 bits per heavy atom. The van der Waals surface area contributed by atoms with Gasteiger partial charge in [-0.05, 0) is 42.6 Å². The van der Waals surface area contributed by atoms with Crippen molar-refractivity contribution in [1.82, 2.24) is 5.32 Å². The van der Waals surface area contributed by atoms with Gasteiger partial charge in [-0.2, -0.15) is 0 Å². The van der Waals surface area contributed by atoms with E-state index in [1.54, 1.807) is 0 Å². The summed E-state index contributed by atoms with van der Waals surface area (Å²) < 4.78 is 5.46. The topological polar surface area (TPSA) is 21.3 Å². The van der Waals surface area contributed by atoms with Crippen molar-refractivity contribution < 1.29 is 4.74 Å². The van der Waals surface area contributed by atoms with Crippen LogP contribution in [-0.2, 0) is 4.74 Å². The number of hydrogen-bond donors (Lipinski definition) is 1. The van der Waals surface area contributed by atoms with Crippen LogP contribution in [0, 0.1) is 5.41 Å². The van der Waals surface area contributed by atoms with Crippen molar-refractivity contribution in [3.8, 4) is 0 Å². The molecule has 2 nitrogen and oxygen atoms in total. The molecule has 1 N–H and O–H groups in total. The SMILES string of the molecule is CC1(CNC2CC(c3ccccc3)C2)CCOCC1. The molecule has 0 unspecified atom stereocenters. The Labute approximate surface area is 116 Å². The molecule has 1 aromatic rings. The van der Waals surface area contributed by atoms with E-state index in [9.17, 15) is 0 Å². The lowest BCUT2D eigenvalue weighted by atomic mass is 9.75. The maximum Gasteiger partial charge on any atom is 0.0471 e. The van der Waals surface area contributed by atoms with Gasteiger partial charge < -0.3 is 10.1 Å². The first-order valence-corrected chi connectivity index (χ1v) is 7.61. The summed E-state index contributed by atoms with van der Waals surface area (Å²) in [5.41, 5.74) is 1.97. The Hall–Kier alpha value is -0.860. The van der Waals surface area contributed by atoms with Gasteiger partial charge in [-0.15, -0.1) is 0 Å². The fourth-order valence-corrected chi connectivity index (χ4v) is 3.21. The zero-order valence-corrected chi connectivity index (χ0v) is 11.9. The van der Waals surface area contributed by atoms with E-state index in [0.717, 1.165) is 31.7 Å². The van der Waals surface area contributed by atoms with Gasteiger partial charge in [0.05, 0.1) is 0 Å². The third-order valence-corrected chi connectivity index (χ3v) is 4.93. The third kappa shape index (κ3) is 3.18. The van der Waals surface area contributed by atoms with Gasteiger partial charge >= 0.3 is 0 Å². The Kier molecular flexibility index (Phi) is 3.90. The standard InChI is InChI=1S/C17H25NO/c1-17(7-9-19-10-8-17)13-18-16-11-15(12-16)14-5-3-2-4-6-14/h2-6,15-16,18H,7-13H2,1H3. The highest BCUT2D eigenvalue weighted by atomic mass is 16.5. The molecule has 2 heteroatoms. The van der Waals surface area contributed by atoms with E-state index in [1.807, 2.05) is 0 Å². The first kappa shape index (κ1) is 13.1. The molecule has 0 amide bonds. The Morgan fingerprint density at radius 3 is 2.53 bits per heavy atom. The molecule has 1 saturated carbocycles. The summed E-state index contributed by atoms with van der Waals surface area (Å²) in [6.07, 6.45) is 5.01. The maximum absolute atomic E-state index is 5.46. The molecular weight excluding hydrogens is 234 g/mol. The summed E-state index contributed by atoms with van der Waals surface area (Å²) in [6.45, 7) is 5.43. The Bertz CT molecular complexity index is 391. The van der Waals surface area contributed by atoms with Crippen molar-refractivity contribution in [2.45, 2.75) is 44.6 Å². The van der Waals surface area contributed by atoms with Crippen molar-refractivity contribution in [3.05, 3.63) is 35.9 Å². The van der Waals surface area contributed by atoms with Gasteiger partial charge in [-0.3, -0.25) is 0 Å². The molecule has 2 aliphatic rings. The van der Waals surface area contributed by atoms with Crippen molar-refractivity contribution in [2.24, 2.45) is 5.41 Å². The van der Waals surface area contributed by atoms with E-state index in [0.29, 0.717) is 5.41 Å². The number of benzene rings is 1. The van der Waals surface area contributed by atoms with Crippen LogP contribution in [0.1, 0.15) is 44.1 Å². The highest BCUT2D eigenvalue weighted by molar-refractivity contribution is 5.22. The lowest BCUT2D eigenvalue weighted by Crippen LogP contribution is -2.46. The molecule has 2 fully saturated rings. The number of nitrogens with one attached hydrogen (secondary N) is 1. The quantitative estimate of drug-likeness (QED) is 0.895. The van der Waals surface area contributed by atoms with Crippen molar-refractivity contribution in [2.75, 3.05) is 19.8 Å². The second-order valence-corrected chi connectivity index (χ2v) is 6.58. The first-order chi connectivity index (χ1) is 9.25. The predicted molar refractivity (Wildman–Crippen MR) is 78.4 cm³/mol. The van der Waals surface area contributed by atoms with Gasteiger partial charge in [-0.1, -0.05) is 37.3 Å². The molecule has 0 bridgehead atoms. The van der Waals surface area contributed by atoms with E-state index in [2.05, 4.69) is 42.6 Å². The van der Waals surface area contributed by atoms with Gasteiger partial charge in [0, 0.05) is 25.8 Å². The maximum atomic E-state index is 5.46. The van der Waals surface area contributed by atoms with Gasteiger partial charge in [-0.25, -0.2) is 0 Å². The highest BCUT2D eigenvalue weighted by Gasteiger charge is 2.33. The molecule has 0 spiro atoms. The van der Waals surface area contributed by atoms with Crippen molar-refractivity contribution >= 4 is 0 Å². The van der Waals surface area contributed by atoms with E-state index >= 15 is 0 Å². The molecule has 0 atom stereocenters. The highest BCUT2D eigenvalue weighted by Crippen LogP contribution is 2.37. The molecular formula is C17H25NO.